The van der Waals surface area contributed by atoms with E-state index in [2.05, 4.69) is 78.9 Å². The minimum Gasteiger partial charge on any atom is -0.399 e. The van der Waals surface area contributed by atoms with Crippen LogP contribution in [0.2, 0.25) is 0 Å². The Labute approximate surface area is 136 Å². The van der Waals surface area contributed by atoms with Crippen molar-refractivity contribution in [2.24, 2.45) is 0 Å². The first-order valence-corrected chi connectivity index (χ1v) is 7.75. The van der Waals surface area contributed by atoms with Gasteiger partial charge < -0.3 is 5.73 Å². The summed E-state index contributed by atoms with van der Waals surface area (Å²) in [6.07, 6.45) is 0. The van der Waals surface area contributed by atoms with Crippen molar-refractivity contribution in [3.63, 3.8) is 0 Å². The van der Waals surface area contributed by atoms with E-state index in [1.165, 1.54) is 33.0 Å². The molecule has 0 saturated carbocycles. The molecule has 0 aromatic heterocycles. The van der Waals surface area contributed by atoms with Crippen LogP contribution in [-0.2, 0) is 0 Å². The van der Waals surface area contributed by atoms with Gasteiger partial charge in [0.1, 0.15) is 0 Å². The predicted octanol–water partition coefficient (Wildman–Crippen LogP) is 5.76. The molecule has 2 N–H and O–H groups in total. The summed E-state index contributed by atoms with van der Waals surface area (Å²) in [4.78, 5) is 0. The highest BCUT2D eigenvalue weighted by molar-refractivity contribution is 5.99. The zero-order valence-corrected chi connectivity index (χ0v) is 12.7. The monoisotopic (exact) mass is 295 g/mol. The van der Waals surface area contributed by atoms with Crippen LogP contribution < -0.4 is 5.73 Å². The number of nitrogens with two attached hydrogens (primary N) is 1. The van der Waals surface area contributed by atoms with Crippen molar-refractivity contribution in [2.75, 3.05) is 5.73 Å². The fourth-order valence-corrected chi connectivity index (χ4v) is 3.00. The first-order valence-electron chi connectivity index (χ1n) is 7.75. The molecule has 1 heteroatoms. The molecule has 23 heavy (non-hydrogen) atoms. The minimum absolute atomic E-state index is 0.791. The lowest BCUT2D eigenvalue weighted by molar-refractivity contribution is 1.62. The maximum Gasteiger partial charge on any atom is 0.0314 e. The molecule has 1 nitrogen and oxygen atoms in total. The van der Waals surface area contributed by atoms with Crippen molar-refractivity contribution in [1.29, 1.82) is 0 Å². The molecule has 0 atom stereocenters. The summed E-state index contributed by atoms with van der Waals surface area (Å²) < 4.78 is 0. The molecule has 4 rings (SSSR count). The lowest BCUT2D eigenvalue weighted by Gasteiger charge is -2.10. The van der Waals surface area contributed by atoms with E-state index >= 15 is 0 Å². The highest BCUT2D eigenvalue weighted by Crippen LogP contribution is 2.32. The topological polar surface area (TPSA) is 26.0 Å². The SMILES string of the molecule is Nc1ccc(-c2ccc3cccc(-c4ccccc4)c3c2)cc1. The molecule has 0 spiro atoms. The number of anilines is 1. The summed E-state index contributed by atoms with van der Waals surface area (Å²) in [7, 11) is 0. The lowest BCUT2D eigenvalue weighted by Crippen LogP contribution is -1.85. The summed E-state index contributed by atoms with van der Waals surface area (Å²) in [5, 5.41) is 2.53. The van der Waals surface area contributed by atoms with Crippen molar-refractivity contribution >= 4 is 16.5 Å². The zero-order valence-electron chi connectivity index (χ0n) is 12.7. The highest BCUT2D eigenvalue weighted by Gasteiger charge is 2.05. The van der Waals surface area contributed by atoms with E-state index in [-0.39, 0.29) is 0 Å². The maximum absolute atomic E-state index is 5.80. The Morgan fingerprint density at radius 3 is 2.04 bits per heavy atom. The van der Waals surface area contributed by atoms with Gasteiger partial charge in [0.2, 0.25) is 0 Å². The molecular formula is C22H17N. The van der Waals surface area contributed by atoms with Gasteiger partial charge in [-0.2, -0.15) is 0 Å². The molecule has 0 heterocycles. The Morgan fingerprint density at radius 2 is 1.26 bits per heavy atom. The van der Waals surface area contributed by atoms with Crippen LogP contribution in [0.15, 0.2) is 91.0 Å². The van der Waals surface area contributed by atoms with Crippen LogP contribution in [0.1, 0.15) is 0 Å². The average molecular weight is 295 g/mol. The minimum atomic E-state index is 0.791. The van der Waals surface area contributed by atoms with Gasteiger partial charge in [-0.25, -0.2) is 0 Å². The van der Waals surface area contributed by atoms with Crippen LogP contribution in [0.3, 0.4) is 0 Å². The van der Waals surface area contributed by atoms with Crippen molar-refractivity contribution < 1.29 is 0 Å². The number of benzene rings is 4. The second-order valence-electron chi connectivity index (χ2n) is 5.73. The normalized spacial score (nSPS) is 10.8. The van der Waals surface area contributed by atoms with E-state index in [9.17, 15) is 0 Å². The molecular weight excluding hydrogens is 278 g/mol. The van der Waals surface area contributed by atoms with Gasteiger partial charge in [0.05, 0.1) is 0 Å². The van der Waals surface area contributed by atoms with Crippen LogP contribution in [0, 0.1) is 0 Å². The summed E-state index contributed by atoms with van der Waals surface area (Å²) in [6, 6.07) is 31.7. The predicted molar refractivity (Wildman–Crippen MR) is 99.2 cm³/mol. The molecule has 4 aromatic rings. The van der Waals surface area contributed by atoms with Crippen molar-refractivity contribution in [3.05, 3.63) is 91.0 Å². The summed E-state index contributed by atoms with van der Waals surface area (Å²) in [5.41, 5.74) is 11.5. The van der Waals surface area contributed by atoms with Crippen LogP contribution in [0.25, 0.3) is 33.0 Å². The van der Waals surface area contributed by atoms with Gasteiger partial charge in [0.25, 0.3) is 0 Å². The van der Waals surface area contributed by atoms with Crippen molar-refractivity contribution in [2.45, 2.75) is 0 Å². The Morgan fingerprint density at radius 1 is 0.522 bits per heavy atom. The third kappa shape index (κ3) is 2.58. The zero-order chi connectivity index (χ0) is 15.6. The van der Waals surface area contributed by atoms with E-state index in [1.54, 1.807) is 0 Å². The van der Waals surface area contributed by atoms with E-state index in [1.807, 2.05) is 12.1 Å². The number of hydrogen-bond donors (Lipinski definition) is 1. The van der Waals surface area contributed by atoms with E-state index in [0.717, 1.165) is 5.69 Å². The Hall–Kier alpha value is -3.06. The first kappa shape index (κ1) is 13.6. The second-order valence-corrected chi connectivity index (χ2v) is 5.73. The standard InChI is InChI=1S/C22H17N/c23-20-13-11-16(12-14-20)19-10-9-18-7-4-8-21(22(18)15-19)17-5-2-1-3-6-17/h1-15H,23H2. The van der Waals surface area contributed by atoms with Gasteiger partial charge in [-0.15, -0.1) is 0 Å². The van der Waals surface area contributed by atoms with Gasteiger partial charge in [0.15, 0.2) is 0 Å². The molecule has 0 aliphatic rings. The Bertz CT molecular complexity index is 954. The fraction of sp³-hybridized carbons (Fsp3) is 0. The van der Waals surface area contributed by atoms with Gasteiger partial charge >= 0.3 is 0 Å². The number of hydrogen-bond acceptors (Lipinski definition) is 1. The quantitative estimate of drug-likeness (QED) is 0.468. The van der Waals surface area contributed by atoms with Crippen LogP contribution in [0.4, 0.5) is 5.69 Å². The van der Waals surface area contributed by atoms with Crippen molar-refractivity contribution in [1.82, 2.24) is 0 Å². The third-order valence-electron chi connectivity index (χ3n) is 4.21. The van der Waals surface area contributed by atoms with Gasteiger partial charge in [-0.1, -0.05) is 72.8 Å². The summed E-state index contributed by atoms with van der Waals surface area (Å²) in [6.45, 7) is 0. The summed E-state index contributed by atoms with van der Waals surface area (Å²) in [5.74, 6) is 0. The molecule has 0 radical (unpaired) electrons. The molecule has 0 aliphatic carbocycles. The number of nitrogen functional groups attached to an aromatic ring is 1. The van der Waals surface area contributed by atoms with Crippen LogP contribution >= 0.6 is 0 Å². The highest BCUT2D eigenvalue weighted by atomic mass is 14.5. The largest absolute Gasteiger partial charge is 0.399 e. The molecule has 0 bridgehead atoms. The molecule has 0 amide bonds. The first-order chi connectivity index (χ1) is 11.3. The van der Waals surface area contributed by atoms with Gasteiger partial charge in [-0.3, -0.25) is 0 Å². The maximum atomic E-state index is 5.80. The second kappa shape index (κ2) is 5.62. The number of fused-ring (bicyclic) bond motifs is 1. The molecule has 0 fully saturated rings. The van der Waals surface area contributed by atoms with E-state index in [4.69, 9.17) is 5.73 Å². The number of rotatable bonds is 2. The van der Waals surface area contributed by atoms with Crippen molar-refractivity contribution in [3.8, 4) is 22.3 Å². The average Bonchev–Trinajstić information content (AvgIpc) is 2.62. The van der Waals surface area contributed by atoms with E-state index in [0.29, 0.717) is 0 Å². The Balaban J connectivity index is 1.92. The Kier molecular flexibility index (Phi) is 3.32. The molecule has 4 aromatic carbocycles. The molecule has 110 valence electrons. The molecule has 0 unspecified atom stereocenters. The van der Waals surface area contributed by atoms with Gasteiger partial charge in [-0.05, 0) is 51.2 Å². The lowest BCUT2D eigenvalue weighted by atomic mass is 9.95. The van der Waals surface area contributed by atoms with E-state index < -0.39 is 0 Å². The molecule has 0 saturated heterocycles. The van der Waals surface area contributed by atoms with Gasteiger partial charge in [0, 0.05) is 5.69 Å². The smallest absolute Gasteiger partial charge is 0.0314 e. The third-order valence-corrected chi connectivity index (χ3v) is 4.21. The fourth-order valence-electron chi connectivity index (χ4n) is 3.00. The molecule has 0 aliphatic heterocycles. The van der Waals surface area contributed by atoms with Crippen LogP contribution in [-0.4, -0.2) is 0 Å². The van der Waals surface area contributed by atoms with Crippen LogP contribution in [0.5, 0.6) is 0 Å². The summed E-state index contributed by atoms with van der Waals surface area (Å²) >= 11 is 0.